The van der Waals surface area contributed by atoms with E-state index in [9.17, 15) is 10.1 Å². The van der Waals surface area contributed by atoms with E-state index in [2.05, 4.69) is 25.9 Å². The lowest BCUT2D eigenvalue weighted by molar-refractivity contribution is -0.384. The molecule has 0 spiro atoms. The van der Waals surface area contributed by atoms with E-state index in [1.807, 2.05) is 0 Å². The largest absolute Gasteiger partial charge is 0.436 e. The van der Waals surface area contributed by atoms with E-state index >= 15 is 0 Å². The predicted octanol–water partition coefficient (Wildman–Crippen LogP) is 3.18. The third-order valence-corrected chi connectivity index (χ3v) is 2.98. The fourth-order valence-corrected chi connectivity index (χ4v) is 1.68. The molecule has 0 amide bonds. The molecule has 0 bridgehead atoms. The first-order valence-corrected chi connectivity index (χ1v) is 6.04. The van der Waals surface area contributed by atoms with Crippen molar-refractivity contribution in [2.24, 2.45) is 0 Å². The molecule has 2 rings (SSSR count). The fourth-order valence-electron chi connectivity index (χ4n) is 1.22. The highest BCUT2D eigenvalue weighted by Crippen LogP contribution is 2.34. The van der Waals surface area contributed by atoms with Crippen LogP contribution in [0.1, 0.15) is 0 Å². The van der Waals surface area contributed by atoms with Crippen LogP contribution in [0.3, 0.4) is 0 Å². The number of nitro benzene ring substituents is 1. The molecule has 0 saturated carbocycles. The Labute approximate surface area is 120 Å². The molecular weight excluding hydrogens is 339 g/mol. The average molecular weight is 346 g/mol. The van der Waals surface area contributed by atoms with Crippen molar-refractivity contribution in [2.75, 3.05) is 5.73 Å². The van der Waals surface area contributed by atoms with Crippen molar-refractivity contribution in [2.45, 2.75) is 0 Å². The fraction of sp³-hybridized carbons (Fsp3) is 0. The number of nitrogens with two attached hydrogens (primary N) is 1. The van der Waals surface area contributed by atoms with Gasteiger partial charge in [0.15, 0.2) is 5.75 Å². The summed E-state index contributed by atoms with van der Waals surface area (Å²) in [6, 6.07) is 4.08. The number of nitrogens with zero attached hydrogens (tertiary/aromatic N) is 3. The molecule has 0 fully saturated rings. The van der Waals surface area contributed by atoms with Gasteiger partial charge in [0.25, 0.3) is 5.69 Å². The van der Waals surface area contributed by atoms with Crippen LogP contribution in [-0.2, 0) is 0 Å². The van der Waals surface area contributed by atoms with Crippen LogP contribution in [0, 0.1) is 10.1 Å². The van der Waals surface area contributed by atoms with Gasteiger partial charge in [0.1, 0.15) is 5.02 Å². The van der Waals surface area contributed by atoms with Gasteiger partial charge in [0, 0.05) is 6.07 Å². The molecule has 0 atom stereocenters. The van der Waals surface area contributed by atoms with Crippen molar-refractivity contribution in [1.29, 1.82) is 0 Å². The molecule has 0 saturated heterocycles. The second-order valence-electron chi connectivity index (χ2n) is 3.36. The Kier molecular flexibility index (Phi) is 3.82. The van der Waals surface area contributed by atoms with Crippen molar-refractivity contribution in [3.05, 3.63) is 44.0 Å². The Balaban J connectivity index is 2.40. The highest BCUT2D eigenvalue weighted by molar-refractivity contribution is 9.10. The highest BCUT2D eigenvalue weighted by atomic mass is 79.9. The second-order valence-corrected chi connectivity index (χ2v) is 4.62. The van der Waals surface area contributed by atoms with Gasteiger partial charge >= 0.3 is 0 Å². The van der Waals surface area contributed by atoms with Gasteiger partial charge < -0.3 is 10.5 Å². The molecule has 2 N–H and O–H groups in total. The average Bonchev–Trinajstić information content (AvgIpc) is 2.36. The molecule has 7 nitrogen and oxygen atoms in total. The van der Waals surface area contributed by atoms with E-state index in [4.69, 9.17) is 22.1 Å². The van der Waals surface area contributed by atoms with Crippen LogP contribution >= 0.6 is 27.5 Å². The van der Waals surface area contributed by atoms with E-state index in [1.54, 1.807) is 0 Å². The van der Waals surface area contributed by atoms with Crippen molar-refractivity contribution in [3.63, 3.8) is 0 Å². The summed E-state index contributed by atoms with van der Waals surface area (Å²) in [6.45, 7) is 0. The number of anilines is 1. The summed E-state index contributed by atoms with van der Waals surface area (Å²) >= 11 is 9.06. The number of hydrogen-bond donors (Lipinski definition) is 1. The maximum Gasteiger partial charge on any atom is 0.273 e. The molecule has 98 valence electrons. The lowest BCUT2D eigenvalue weighted by Crippen LogP contribution is -1.98. The molecule has 1 aromatic carbocycles. The summed E-state index contributed by atoms with van der Waals surface area (Å²) in [7, 11) is 0. The van der Waals surface area contributed by atoms with Crippen LogP contribution in [0.2, 0.25) is 5.02 Å². The van der Waals surface area contributed by atoms with E-state index < -0.39 is 4.92 Å². The van der Waals surface area contributed by atoms with Crippen LogP contribution in [-0.4, -0.2) is 14.9 Å². The zero-order chi connectivity index (χ0) is 14.0. The van der Waals surface area contributed by atoms with Gasteiger partial charge in [-0.1, -0.05) is 11.6 Å². The molecule has 19 heavy (non-hydrogen) atoms. The molecule has 2 aromatic rings. The molecule has 1 heterocycles. The van der Waals surface area contributed by atoms with Gasteiger partial charge in [-0.15, -0.1) is 0 Å². The standard InChI is InChI=1S/C10H6BrClN4O3/c11-6-2-1-5(16(17)18)3-8(6)19-9-7(12)4-14-10(13)15-9/h1-4H,(H2,13,14,15). The number of non-ortho nitro benzene ring substituents is 1. The maximum atomic E-state index is 10.7. The second kappa shape index (κ2) is 5.37. The van der Waals surface area contributed by atoms with Gasteiger partial charge in [-0.05, 0) is 22.0 Å². The Morgan fingerprint density at radius 1 is 1.47 bits per heavy atom. The molecule has 0 unspecified atom stereocenters. The van der Waals surface area contributed by atoms with Crippen LogP contribution < -0.4 is 10.5 Å². The topological polar surface area (TPSA) is 104 Å². The first kappa shape index (κ1) is 13.5. The lowest BCUT2D eigenvalue weighted by Gasteiger charge is -2.08. The molecule has 0 aliphatic carbocycles. The maximum absolute atomic E-state index is 10.7. The summed E-state index contributed by atoms with van der Waals surface area (Å²) in [6.07, 6.45) is 1.28. The summed E-state index contributed by atoms with van der Waals surface area (Å²) in [5.74, 6) is 0.213. The summed E-state index contributed by atoms with van der Waals surface area (Å²) < 4.78 is 5.92. The van der Waals surface area contributed by atoms with E-state index in [0.717, 1.165) is 0 Å². The first-order chi connectivity index (χ1) is 8.97. The Bertz CT molecular complexity index is 653. The number of ether oxygens (including phenoxy) is 1. The van der Waals surface area contributed by atoms with E-state index in [0.29, 0.717) is 4.47 Å². The zero-order valence-corrected chi connectivity index (χ0v) is 11.6. The van der Waals surface area contributed by atoms with Crippen LogP contribution in [0.5, 0.6) is 11.6 Å². The monoisotopic (exact) mass is 344 g/mol. The first-order valence-electron chi connectivity index (χ1n) is 4.87. The van der Waals surface area contributed by atoms with E-state index in [-0.39, 0.29) is 28.3 Å². The number of hydrogen-bond acceptors (Lipinski definition) is 6. The van der Waals surface area contributed by atoms with E-state index in [1.165, 1.54) is 24.4 Å². The SMILES string of the molecule is Nc1ncc(Cl)c(Oc2cc([N+](=O)[O-])ccc2Br)n1. The molecular formula is C10H6BrClN4O3. The van der Waals surface area contributed by atoms with Gasteiger partial charge in [0.05, 0.1) is 21.7 Å². The van der Waals surface area contributed by atoms with Crippen LogP contribution in [0.15, 0.2) is 28.9 Å². The number of aromatic nitrogens is 2. The Morgan fingerprint density at radius 2 is 2.21 bits per heavy atom. The predicted molar refractivity (Wildman–Crippen MR) is 72.3 cm³/mol. The number of halogens is 2. The zero-order valence-electron chi connectivity index (χ0n) is 9.21. The summed E-state index contributed by atoms with van der Waals surface area (Å²) in [4.78, 5) is 17.7. The number of nitro groups is 1. The third kappa shape index (κ3) is 3.09. The quantitative estimate of drug-likeness (QED) is 0.676. The highest BCUT2D eigenvalue weighted by Gasteiger charge is 2.14. The number of benzene rings is 1. The van der Waals surface area contributed by atoms with Crippen LogP contribution in [0.25, 0.3) is 0 Å². The van der Waals surface area contributed by atoms with Crippen molar-refractivity contribution < 1.29 is 9.66 Å². The normalized spacial score (nSPS) is 10.2. The minimum Gasteiger partial charge on any atom is -0.436 e. The molecule has 0 radical (unpaired) electrons. The molecule has 9 heteroatoms. The number of rotatable bonds is 3. The molecule has 0 aliphatic heterocycles. The summed E-state index contributed by atoms with van der Waals surface area (Å²) in [5.41, 5.74) is 5.30. The van der Waals surface area contributed by atoms with Crippen molar-refractivity contribution >= 4 is 39.2 Å². The van der Waals surface area contributed by atoms with Gasteiger partial charge in [-0.25, -0.2) is 4.98 Å². The Hall–Kier alpha value is -1.93. The number of nitrogen functional groups attached to an aromatic ring is 1. The third-order valence-electron chi connectivity index (χ3n) is 2.06. The van der Waals surface area contributed by atoms with Gasteiger partial charge in [-0.2, -0.15) is 4.98 Å². The van der Waals surface area contributed by atoms with Gasteiger partial charge in [-0.3, -0.25) is 10.1 Å². The molecule has 1 aromatic heterocycles. The van der Waals surface area contributed by atoms with Crippen molar-refractivity contribution in [3.8, 4) is 11.6 Å². The minimum absolute atomic E-state index is 0.0130. The van der Waals surface area contributed by atoms with Crippen LogP contribution in [0.4, 0.5) is 11.6 Å². The lowest BCUT2D eigenvalue weighted by atomic mass is 10.3. The Morgan fingerprint density at radius 3 is 2.89 bits per heavy atom. The van der Waals surface area contributed by atoms with Crippen molar-refractivity contribution in [1.82, 2.24) is 9.97 Å². The molecule has 0 aliphatic rings. The smallest absolute Gasteiger partial charge is 0.273 e. The van der Waals surface area contributed by atoms with Gasteiger partial charge in [0.2, 0.25) is 11.8 Å². The summed E-state index contributed by atoms with van der Waals surface area (Å²) in [5, 5.41) is 10.8. The minimum atomic E-state index is -0.532.